The van der Waals surface area contributed by atoms with E-state index < -0.39 is 5.97 Å². The van der Waals surface area contributed by atoms with Crippen molar-refractivity contribution in [3.8, 4) is 5.75 Å². The minimum atomic E-state index is -0.782. The molecule has 1 aliphatic carbocycles. The highest BCUT2D eigenvalue weighted by Gasteiger charge is 2.33. The SMILES string of the molecule is O=C(O)[C@@H]1CC[C@H](C(=O)NCCc2ccc3c(c2)CCO3)C1. The first-order valence-corrected chi connectivity index (χ1v) is 7.88. The summed E-state index contributed by atoms with van der Waals surface area (Å²) in [5, 5.41) is 11.9. The molecule has 1 amide bonds. The van der Waals surface area contributed by atoms with Gasteiger partial charge in [0, 0.05) is 18.9 Å². The number of benzene rings is 1. The Balaban J connectivity index is 1.45. The monoisotopic (exact) mass is 303 g/mol. The summed E-state index contributed by atoms with van der Waals surface area (Å²) in [5.74, 6) is -0.315. The Morgan fingerprint density at radius 3 is 2.86 bits per heavy atom. The second-order valence-corrected chi connectivity index (χ2v) is 6.13. The van der Waals surface area contributed by atoms with Gasteiger partial charge in [0.25, 0.3) is 0 Å². The van der Waals surface area contributed by atoms with Crippen LogP contribution in [-0.2, 0) is 22.4 Å². The number of hydrogen-bond acceptors (Lipinski definition) is 3. The summed E-state index contributed by atoms with van der Waals surface area (Å²) >= 11 is 0. The van der Waals surface area contributed by atoms with Crippen LogP contribution in [-0.4, -0.2) is 30.1 Å². The van der Waals surface area contributed by atoms with E-state index >= 15 is 0 Å². The van der Waals surface area contributed by atoms with E-state index in [2.05, 4.69) is 11.4 Å². The zero-order valence-corrected chi connectivity index (χ0v) is 12.5. The summed E-state index contributed by atoms with van der Waals surface area (Å²) in [7, 11) is 0. The molecule has 0 aromatic heterocycles. The van der Waals surface area contributed by atoms with Crippen LogP contribution in [0.3, 0.4) is 0 Å². The fourth-order valence-electron chi connectivity index (χ4n) is 3.31. The van der Waals surface area contributed by atoms with Crippen molar-refractivity contribution in [1.29, 1.82) is 0 Å². The van der Waals surface area contributed by atoms with Crippen LogP contribution < -0.4 is 10.1 Å². The van der Waals surface area contributed by atoms with Crippen LogP contribution in [0.25, 0.3) is 0 Å². The van der Waals surface area contributed by atoms with Gasteiger partial charge in [-0.15, -0.1) is 0 Å². The van der Waals surface area contributed by atoms with E-state index in [0.717, 1.165) is 25.2 Å². The van der Waals surface area contributed by atoms with Gasteiger partial charge in [0.1, 0.15) is 5.75 Å². The molecule has 0 spiro atoms. The van der Waals surface area contributed by atoms with Gasteiger partial charge in [-0.3, -0.25) is 9.59 Å². The molecule has 1 aliphatic heterocycles. The zero-order chi connectivity index (χ0) is 15.5. The lowest BCUT2D eigenvalue weighted by Gasteiger charge is -2.11. The number of carbonyl (C=O) groups excluding carboxylic acids is 1. The second-order valence-electron chi connectivity index (χ2n) is 6.13. The molecule has 0 radical (unpaired) electrons. The molecule has 3 rings (SSSR count). The number of carbonyl (C=O) groups is 2. The summed E-state index contributed by atoms with van der Waals surface area (Å²) in [4.78, 5) is 23.0. The Hall–Kier alpha value is -2.04. The third-order valence-corrected chi connectivity index (χ3v) is 4.62. The van der Waals surface area contributed by atoms with Gasteiger partial charge in [0.2, 0.25) is 5.91 Å². The minimum absolute atomic E-state index is 0.00626. The summed E-state index contributed by atoms with van der Waals surface area (Å²) in [6.07, 6.45) is 3.50. The Morgan fingerprint density at radius 1 is 1.27 bits per heavy atom. The van der Waals surface area contributed by atoms with Crippen molar-refractivity contribution in [3.05, 3.63) is 29.3 Å². The lowest BCUT2D eigenvalue weighted by molar-refractivity contribution is -0.141. The summed E-state index contributed by atoms with van der Waals surface area (Å²) in [6, 6.07) is 6.17. The van der Waals surface area contributed by atoms with Crippen LogP contribution in [0.2, 0.25) is 0 Å². The molecule has 0 bridgehead atoms. The van der Waals surface area contributed by atoms with Gasteiger partial charge in [-0.25, -0.2) is 0 Å². The standard InChI is InChI=1S/C17H21NO4/c19-16(13-2-3-14(10-13)17(20)21)18-7-5-11-1-4-15-12(9-11)6-8-22-15/h1,4,9,13-14H,2-3,5-8,10H2,(H,18,19)(H,20,21)/t13-,14+/m0/s1. The van der Waals surface area contributed by atoms with E-state index in [0.29, 0.717) is 25.8 Å². The van der Waals surface area contributed by atoms with Crippen molar-refractivity contribution in [2.75, 3.05) is 13.2 Å². The van der Waals surface area contributed by atoms with E-state index in [1.165, 1.54) is 11.1 Å². The number of hydrogen-bond donors (Lipinski definition) is 2. The molecule has 1 aromatic rings. The average molecular weight is 303 g/mol. The zero-order valence-electron chi connectivity index (χ0n) is 12.5. The van der Waals surface area contributed by atoms with Crippen LogP contribution in [0.1, 0.15) is 30.4 Å². The molecule has 0 saturated heterocycles. The van der Waals surface area contributed by atoms with Crippen LogP contribution in [0.5, 0.6) is 5.75 Å². The maximum atomic E-state index is 12.1. The highest BCUT2D eigenvalue weighted by Crippen LogP contribution is 2.31. The summed E-state index contributed by atoms with van der Waals surface area (Å²) in [6.45, 7) is 1.34. The van der Waals surface area contributed by atoms with Crippen molar-refractivity contribution in [1.82, 2.24) is 5.32 Å². The topological polar surface area (TPSA) is 75.6 Å². The van der Waals surface area contributed by atoms with E-state index in [-0.39, 0.29) is 17.7 Å². The van der Waals surface area contributed by atoms with Gasteiger partial charge in [0.15, 0.2) is 0 Å². The second kappa shape index (κ2) is 6.38. The molecule has 2 N–H and O–H groups in total. The van der Waals surface area contributed by atoms with E-state index in [9.17, 15) is 9.59 Å². The van der Waals surface area contributed by atoms with Gasteiger partial charge in [-0.1, -0.05) is 12.1 Å². The lowest BCUT2D eigenvalue weighted by Crippen LogP contribution is -2.31. The number of rotatable bonds is 5. The fraction of sp³-hybridized carbons (Fsp3) is 0.529. The maximum Gasteiger partial charge on any atom is 0.306 e. The number of carboxylic acids is 1. The smallest absolute Gasteiger partial charge is 0.306 e. The minimum Gasteiger partial charge on any atom is -0.493 e. The predicted octanol–water partition coefficient (Wildman–Crippen LogP) is 1.78. The van der Waals surface area contributed by atoms with Crippen LogP contribution >= 0.6 is 0 Å². The van der Waals surface area contributed by atoms with Crippen molar-refractivity contribution in [2.45, 2.75) is 32.1 Å². The molecular formula is C17H21NO4. The lowest BCUT2D eigenvalue weighted by atomic mass is 10.0. The van der Waals surface area contributed by atoms with Crippen LogP contribution in [0.15, 0.2) is 18.2 Å². The Kier molecular flexibility index (Phi) is 4.32. The van der Waals surface area contributed by atoms with E-state index in [1.54, 1.807) is 0 Å². The molecule has 0 unspecified atom stereocenters. The molecule has 118 valence electrons. The largest absolute Gasteiger partial charge is 0.493 e. The summed E-state index contributed by atoms with van der Waals surface area (Å²) in [5.41, 5.74) is 2.43. The number of aliphatic carboxylic acids is 1. The molecule has 2 aliphatic rings. The van der Waals surface area contributed by atoms with Crippen molar-refractivity contribution in [3.63, 3.8) is 0 Å². The quantitative estimate of drug-likeness (QED) is 0.869. The first-order valence-electron chi connectivity index (χ1n) is 7.88. The third-order valence-electron chi connectivity index (χ3n) is 4.62. The van der Waals surface area contributed by atoms with Gasteiger partial charge in [-0.2, -0.15) is 0 Å². The molecule has 5 heteroatoms. The van der Waals surface area contributed by atoms with Gasteiger partial charge < -0.3 is 15.2 Å². The third kappa shape index (κ3) is 3.24. The normalized spacial score (nSPS) is 22.9. The van der Waals surface area contributed by atoms with Crippen molar-refractivity contribution >= 4 is 11.9 Å². The first-order chi connectivity index (χ1) is 10.6. The van der Waals surface area contributed by atoms with Gasteiger partial charge in [-0.05, 0) is 42.9 Å². The Labute approximate surface area is 129 Å². The van der Waals surface area contributed by atoms with E-state index in [4.69, 9.17) is 9.84 Å². The molecule has 1 aromatic carbocycles. The predicted molar refractivity (Wildman–Crippen MR) is 80.8 cm³/mol. The van der Waals surface area contributed by atoms with Crippen molar-refractivity contribution in [2.24, 2.45) is 11.8 Å². The Bertz CT molecular complexity index is 584. The van der Waals surface area contributed by atoms with Crippen molar-refractivity contribution < 1.29 is 19.4 Å². The average Bonchev–Trinajstić information content (AvgIpc) is 3.16. The first kappa shape index (κ1) is 14.9. The van der Waals surface area contributed by atoms with E-state index in [1.807, 2.05) is 12.1 Å². The number of ether oxygens (including phenoxy) is 1. The summed E-state index contributed by atoms with van der Waals surface area (Å²) < 4.78 is 5.48. The van der Waals surface area contributed by atoms with Gasteiger partial charge >= 0.3 is 5.97 Å². The highest BCUT2D eigenvalue weighted by molar-refractivity contribution is 5.80. The molecule has 5 nitrogen and oxygen atoms in total. The maximum absolute atomic E-state index is 12.1. The molecule has 1 fully saturated rings. The van der Waals surface area contributed by atoms with Crippen LogP contribution in [0.4, 0.5) is 0 Å². The molecule has 2 atom stereocenters. The number of fused-ring (bicyclic) bond motifs is 1. The highest BCUT2D eigenvalue weighted by atomic mass is 16.5. The number of carboxylic acid groups (broad SMARTS) is 1. The number of amides is 1. The van der Waals surface area contributed by atoms with Crippen LogP contribution in [0, 0.1) is 11.8 Å². The fourth-order valence-corrected chi connectivity index (χ4v) is 3.31. The molecule has 1 saturated carbocycles. The molecular weight excluding hydrogens is 282 g/mol. The molecule has 1 heterocycles. The Morgan fingerprint density at radius 2 is 2.09 bits per heavy atom. The molecule has 22 heavy (non-hydrogen) atoms. The number of nitrogens with one attached hydrogen (secondary N) is 1. The van der Waals surface area contributed by atoms with Gasteiger partial charge in [0.05, 0.1) is 12.5 Å².